The number of hydrogen-bond donors (Lipinski definition) is 0. The molecule has 0 spiro atoms. The summed E-state index contributed by atoms with van der Waals surface area (Å²) >= 11 is 0. The number of nitrogens with zero attached hydrogens (tertiary/aromatic N) is 2. The van der Waals surface area contributed by atoms with Gasteiger partial charge in [-0.05, 0) is 6.42 Å². The van der Waals surface area contributed by atoms with Gasteiger partial charge in [0.25, 0.3) is 9.84 Å². The lowest BCUT2D eigenvalue weighted by atomic mass is 10.1. The van der Waals surface area contributed by atoms with Gasteiger partial charge >= 0.3 is 25.9 Å². The Labute approximate surface area is 140 Å². The minimum atomic E-state index is -6.56. The SMILES string of the molecule is CCCCCCCC(C(=[N+]=[N-])S(=O)(=O)C(F)(F)F)S(=O)(=O)C(F)(F)F. The van der Waals surface area contributed by atoms with Gasteiger partial charge in [0.05, 0.1) is 0 Å². The monoisotopic (exact) mass is 418 g/mol. The minimum Gasteiger partial charge on any atom is -0.360 e. The first kappa shape index (κ1) is 23.9. The molecule has 0 aromatic carbocycles. The van der Waals surface area contributed by atoms with Crippen LogP contribution in [-0.4, -0.2) is 42.9 Å². The molecule has 0 aromatic heterocycles. The summed E-state index contributed by atoms with van der Waals surface area (Å²) in [5.41, 5.74) is -3.59. The standard InChI is InChI=1S/C11H16F6N2O4S2/c1-2-3-4-5-6-7-8(24(20,21)10(12,13)14)9(19-18)25(22,23)11(15,16)17/h8H,2-7H2,1H3. The Morgan fingerprint density at radius 1 is 0.920 bits per heavy atom. The summed E-state index contributed by atoms with van der Waals surface area (Å²) in [7, 11) is -12.9. The average molecular weight is 418 g/mol. The van der Waals surface area contributed by atoms with E-state index in [2.05, 4.69) is 0 Å². The Hall–Kier alpha value is -1.14. The molecule has 0 aliphatic rings. The summed E-state index contributed by atoms with van der Waals surface area (Å²) in [6.07, 6.45) is 0.636. The molecule has 0 heterocycles. The predicted molar refractivity (Wildman–Crippen MR) is 75.7 cm³/mol. The van der Waals surface area contributed by atoms with Gasteiger partial charge in [0.2, 0.25) is 0 Å². The van der Waals surface area contributed by atoms with Crippen LogP contribution in [0.1, 0.15) is 45.4 Å². The highest BCUT2D eigenvalue weighted by molar-refractivity contribution is 8.09. The molecule has 0 radical (unpaired) electrons. The maximum atomic E-state index is 12.7. The van der Waals surface area contributed by atoms with E-state index in [0.29, 0.717) is 12.8 Å². The fourth-order valence-corrected chi connectivity index (χ4v) is 4.60. The van der Waals surface area contributed by atoms with Gasteiger partial charge in [-0.3, -0.25) is 0 Å². The number of halogens is 6. The number of hydrogen-bond acceptors (Lipinski definition) is 4. The minimum absolute atomic E-state index is 0.169. The Morgan fingerprint density at radius 3 is 1.76 bits per heavy atom. The first-order valence-corrected chi connectivity index (χ1v) is 10.0. The lowest BCUT2D eigenvalue weighted by molar-refractivity contribution is -0.0486. The largest absolute Gasteiger partial charge is 0.508 e. The van der Waals surface area contributed by atoms with Gasteiger partial charge in [-0.2, -0.15) is 31.1 Å². The molecule has 0 bridgehead atoms. The molecule has 0 aromatic rings. The molecule has 0 N–H and O–H groups in total. The van der Waals surface area contributed by atoms with Gasteiger partial charge < -0.3 is 5.53 Å². The summed E-state index contributed by atoms with van der Waals surface area (Å²) in [5.74, 6) is 0. The van der Waals surface area contributed by atoms with Crippen molar-refractivity contribution in [3.63, 3.8) is 0 Å². The molecular weight excluding hydrogens is 402 g/mol. The van der Waals surface area contributed by atoms with E-state index in [1.807, 2.05) is 6.92 Å². The fraction of sp³-hybridized carbons (Fsp3) is 0.909. The van der Waals surface area contributed by atoms with Gasteiger partial charge in [0.15, 0.2) is 5.25 Å². The summed E-state index contributed by atoms with van der Waals surface area (Å²) in [6.45, 7) is 1.81. The Morgan fingerprint density at radius 2 is 1.40 bits per heavy atom. The number of sulfone groups is 2. The molecule has 6 nitrogen and oxygen atoms in total. The lowest BCUT2D eigenvalue weighted by Crippen LogP contribution is -2.46. The van der Waals surface area contributed by atoms with Crippen LogP contribution in [0.15, 0.2) is 0 Å². The van der Waals surface area contributed by atoms with E-state index in [1.165, 1.54) is 0 Å². The van der Waals surface area contributed by atoms with E-state index in [9.17, 15) is 43.2 Å². The van der Waals surface area contributed by atoms with Crippen LogP contribution in [-0.2, 0) is 19.7 Å². The van der Waals surface area contributed by atoms with Crippen molar-refractivity contribution in [3.8, 4) is 0 Å². The molecule has 0 fully saturated rings. The van der Waals surface area contributed by atoms with Crippen molar-refractivity contribution < 1.29 is 48.0 Å². The molecule has 148 valence electrons. The zero-order valence-electron chi connectivity index (χ0n) is 12.9. The summed E-state index contributed by atoms with van der Waals surface area (Å²) in [4.78, 5) is 1.75. The Bertz CT molecular complexity index is 706. The number of unbranched alkanes of at least 4 members (excludes halogenated alkanes) is 4. The topological polar surface area (TPSA) is 105 Å². The quantitative estimate of drug-likeness (QED) is 0.151. The average Bonchev–Trinajstić information content (AvgIpc) is 2.43. The zero-order chi connectivity index (χ0) is 20.1. The van der Waals surface area contributed by atoms with E-state index in [0.717, 1.165) is 6.42 Å². The lowest BCUT2D eigenvalue weighted by Gasteiger charge is -2.16. The Balaban J connectivity index is 5.94. The molecule has 0 aliphatic carbocycles. The highest BCUT2D eigenvalue weighted by Crippen LogP contribution is 2.34. The first-order chi connectivity index (χ1) is 11.1. The van der Waals surface area contributed by atoms with E-state index in [-0.39, 0.29) is 12.8 Å². The molecule has 25 heavy (non-hydrogen) atoms. The van der Waals surface area contributed by atoms with Crippen LogP contribution in [0.2, 0.25) is 0 Å². The van der Waals surface area contributed by atoms with Crippen molar-refractivity contribution in [2.24, 2.45) is 0 Å². The van der Waals surface area contributed by atoms with Crippen molar-refractivity contribution in [1.29, 1.82) is 0 Å². The van der Waals surface area contributed by atoms with Gasteiger partial charge in [0, 0.05) is 0 Å². The number of alkyl halides is 6. The third kappa shape index (κ3) is 5.68. The van der Waals surface area contributed by atoms with Crippen molar-refractivity contribution in [3.05, 3.63) is 5.53 Å². The van der Waals surface area contributed by atoms with Crippen molar-refractivity contribution >= 4 is 24.7 Å². The van der Waals surface area contributed by atoms with Crippen LogP contribution in [0, 0.1) is 0 Å². The fourth-order valence-electron chi connectivity index (χ4n) is 1.92. The second-order valence-electron chi connectivity index (χ2n) is 5.07. The molecule has 1 unspecified atom stereocenters. The van der Waals surface area contributed by atoms with Gasteiger partial charge in [0.1, 0.15) is 0 Å². The highest BCUT2D eigenvalue weighted by Gasteiger charge is 2.63. The van der Waals surface area contributed by atoms with Gasteiger partial charge in [-0.1, -0.05) is 39.0 Å². The van der Waals surface area contributed by atoms with E-state index in [4.69, 9.17) is 5.53 Å². The maximum absolute atomic E-state index is 12.7. The van der Waals surface area contributed by atoms with Gasteiger partial charge in [-0.15, -0.1) is 0 Å². The van der Waals surface area contributed by atoms with Crippen LogP contribution in [0.5, 0.6) is 0 Å². The third-order valence-corrected chi connectivity index (χ3v) is 6.75. The van der Waals surface area contributed by atoms with Crippen LogP contribution in [0.3, 0.4) is 0 Å². The molecule has 1 atom stereocenters. The van der Waals surface area contributed by atoms with E-state index < -0.39 is 47.4 Å². The van der Waals surface area contributed by atoms with E-state index in [1.54, 1.807) is 4.79 Å². The number of rotatable bonds is 8. The van der Waals surface area contributed by atoms with Crippen molar-refractivity contribution in [2.45, 2.75) is 61.7 Å². The smallest absolute Gasteiger partial charge is 0.360 e. The van der Waals surface area contributed by atoms with Crippen LogP contribution in [0.25, 0.3) is 5.53 Å². The second kappa shape index (κ2) is 8.49. The predicted octanol–water partition coefficient (Wildman–Crippen LogP) is 3.21. The van der Waals surface area contributed by atoms with Gasteiger partial charge in [-0.25, -0.2) is 16.8 Å². The van der Waals surface area contributed by atoms with Crippen LogP contribution >= 0.6 is 0 Å². The second-order valence-corrected chi connectivity index (χ2v) is 9.08. The molecule has 0 rings (SSSR count). The van der Waals surface area contributed by atoms with Crippen LogP contribution < -0.4 is 0 Å². The molecule has 0 aliphatic heterocycles. The summed E-state index contributed by atoms with van der Waals surface area (Å²) in [5, 5.41) is -5.65. The normalized spacial score (nSPS) is 14.8. The van der Waals surface area contributed by atoms with Crippen molar-refractivity contribution in [1.82, 2.24) is 0 Å². The summed E-state index contributed by atoms with van der Waals surface area (Å²) < 4.78 is 121. The van der Waals surface area contributed by atoms with Crippen molar-refractivity contribution in [2.75, 3.05) is 0 Å². The molecule has 14 heteroatoms. The highest BCUT2D eigenvalue weighted by atomic mass is 32.2. The summed E-state index contributed by atoms with van der Waals surface area (Å²) in [6, 6.07) is 0. The zero-order valence-corrected chi connectivity index (χ0v) is 14.6. The molecule has 0 saturated heterocycles. The van der Waals surface area contributed by atoms with E-state index >= 15 is 0 Å². The molecule has 0 amide bonds. The molecular formula is C11H16F6N2O4S2. The van der Waals surface area contributed by atoms with Crippen LogP contribution in [0.4, 0.5) is 26.3 Å². The molecule has 0 saturated carbocycles. The Kier molecular flexibility index (Phi) is 8.11. The first-order valence-electron chi connectivity index (χ1n) is 6.98. The third-order valence-electron chi connectivity index (χ3n) is 3.22. The maximum Gasteiger partial charge on any atom is 0.508 e.